The van der Waals surface area contributed by atoms with Gasteiger partial charge in [0.15, 0.2) is 0 Å². The van der Waals surface area contributed by atoms with Crippen molar-refractivity contribution >= 4 is 0 Å². The highest BCUT2D eigenvalue weighted by atomic mass is 14.8. The third-order valence-electron chi connectivity index (χ3n) is 1.84. The molecule has 1 N–H and O–H groups in total. The van der Waals surface area contributed by atoms with E-state index in [-0.39, 0.29) is 0 Å². The SMILES string of the molecule is C1CCCNCC1.N#CC(C#N)C#N. The highest BCUT2D eigenvalue weighted by molar-refractivity contribution is 5.11. The molecule has 0 unspecified atom stereocenters. The molecule has 1 rings (SSSR count). The Morgan fingerprint density at radius 1 is 0.786 bits per heavy atom. The van der Waals surface area contributed by atoms with Gasteiger partial charge in [0.05, 0.1) is 18.2 Å². The molecule has 0 amide bonds. The Balaban J connectivity index is 0.000000241. The lowest BCUT2D eigenvalue weighted by molar-refractivity contribution is 0.702. The Morgan fingerprint density at radius 2 is 1.21 bits per heavy atom. The fourth-order valence-corrected chi connectivity index (χ4v) is 1.07. The average molecular weight is 190 g/mol. The molecule has 1 heterocycles. The van der Waals surface area contributed by atoms with Gasteiger partial charge in [-0.15, -0.1) is 0 Å². The van der Waals surface area contributed by atoms with Gasteiger partial charge in [0.25, 0.3) is 0 Å². The molecule has 0 saturated carbocycles. The van der Waals surface area contributed by atoms with Gasteiger partial charge in [-0.25, -0.2) is 0 Å². The second kappa shape index (κ2) is 9.52. The minimum Gasteiger partial charge on any atom is -0.317 e. The Kier molecular flexibility index (Phi) is 8.45. The van der Waals surface area contributed by atoms with Crippen molar-refractivity contribution in [3.63, 3.8) is 0 Å². The van der Waals surface area contributed by atoms with Crippen LogP contribution in [0.5, 0.6) is 0 Å². The first-order valence-electron chi connectivity index (χ1n) is 4.74. The number of hydrogen-bond acceptors (Lipinski definition) is 4. The van der Waals surface area contributed by atoms with E-state index in [4.69, 9.17) is 15.8 Å². The van der Waals surface area contributed by atoms with E-state index in [1.54, 1.807) is 0 Å². The molecule has 1 aliphatic rings. The minimum atomic E-state index is -1.10. The summed E-state index contributed by atoms with van der Waals surface area (Å²) in [5, 5.41) is 26.8. The summed E-state index contributed by atoms with van der Waals surface area (Å²) in [5.74, 6) is -1.10. The van der Waals surface area contributed by atoms with E-state index in [1.807, 2.05) is 0 Å². The molecular weight excluding hydrogens is 176 g/mol. The second-order valence-corrected chi connectivity index (χ2v) is 2.98. The van der Waals surface area contributed by atoms with Crippen LogP contribution in [0.15, 0.2) is 0 Å². The largest absolute Gasteiger partial charge is 0.317 e. The normalized spacial score (nSPS) is 15.0. The Bertz CT molecular complexity index is 200. The van der Waals surface area contributed by atoms with Crippen molar-refractivity contribution in [2.45, 2.75) is 25.7 Å². The number of rotatable bonds is 0. The topological polar surface area (TPSA) is 83.4 Å². The quantitative estimate of drug-likeness (QED) is 0.624. The fourth-order valence-electron chi connectivity index (χ4n) is 1.07. The van der Waals surface area contributed by atoms with Gasteiger partial charge in [0, 0.05) is 0 Å². The van der Waals surface area contributed by atoms with Crippen molar-refractivity contribution in [3.05, 3.63) is 0 Å². The van der Waals surface area contributed by atoms with Gasteiger partial charge in [-0.3, -0.25) is 0 Å². The van der Waals surface area contributed by atoms with Crippen LogP contribution in [0.1, 0.15) is 25.7 Å². The van der Waals surface area contributed by atoms with E-state index in [0.29, 0.717) is 0 Å². The second-order valence-electron chi connectivity index (χ2n) is 2.98. The van der Waals surface area contributed by atoms with Crippen molar-refractivity contribution in [1.82, 2.24) is 5.32 Å². The molecule has 0 radical (unpaired) electrons. The zero-order chi connectivity index (χ0) is 10.6. The van der Waals surface area contributed by atoms with Crippen molar-refractivity contribution in [2.24, 2.45) is 5.92 Å². The van der Waals surface area contributed by atoms with E-state index in [1.165, 1.54) is 57.0 Å². The molecule has 14 heavy (non-hydrogen) atoms. The van der Waals surface area contributed by atoms with Gasteiger partial charge in [-0.1, -0.05) is 12.8 Å². The summed E-state index contributed by atoms with van der Waals surface area (Å²) in [5.41, 5.74) is 0. The Labute approximate surface area is 84.8 Å². The number of nitriles is 3. The summed E-state index contributed by atoms with van der Waals surface area (Å²) >= 11 is 0. The Morgan fingerprint density at radius 3 is 1.50 bits per heavy atom. The smallest absolute Gasteiger partial charge is 0.218 e. The molecule has 0 spiro atoms. The van der Waals surface area contributed by atoms with Crippen molar-refractivity contribution in [1.29, 1.82) is 15.8 Å². The summed E-state index contributed by atoms with van der Waals surface area (Å²) in [6.45, 7) is 2.50. The highest BCUT2D eigenvalue weighted by Gasteiger charge is 1.97. The molecule has 1 saturated heterocycles. The van der Waals surface area contributed by atoms with Gasteiger partial charge in [-0.05, 0) is 25.9 Å². The van der Waals surface area contributed by atoms with Gasteiger partial charge in [0.1, 0.15) is 0 Å². The van der Waals surface area contributed by atoms with E-state index in [0.717, 1.165) is 0 Å². The van der Waals surface area contributed by atoms with Crippen LogP contribution in [0.3, 0.4) is 0 Å². The zero-order valence-corrected chi connectivity index (χ0v) is 8.16. The minimum absolute atomic E-state index is 1.10. The van der Waals surface area contributed by atoms with Crippen LogP contribution in [0, 0.1) is 39.9 Å². The van der Waals surface area contributed by atoms with Crippen LogP contribution in [0.2, 0.25) is 0 Å². The van der Waals surface area contributed by atoms with Crippen molar-refractivity contribution in [3.8, 4) is 18.2 Å². The van der Waals surface area contributed by atoms with Gasteiger partial charge in [-0.2, -0.15) is 15.8 Å². The monoisotopic (exact) mass is 190 g/mol. The third kappa shape index (κ3) is 7.10. The summed E-state index contributed by atoms with van der Waals surface area (Å²) in [6.07, 6.45) is 5.65. The molecule has 1 fully saturated rings. The Hall–Kier alpha value is -1.57. The van der Waals surface area contributed by atoms with Crippen LogP contribution in [0.4, 0.5) is 0 Å². The first-order chi connectivity index (χ1) is 6.85. The van der Waals surface area contributed by atoms with E-state index in [2.05, 4.69) is 5.32 Å². The van der Waals surface area contributed by atoms with Crippen LogP contribution >= 0.6 is 0 Å². The average Bonchev–Trinajstić information content (AvgIpc) is 2.53. The molecule has 74 valence electrons. The summed E-state index contributed by atoms with van der Waals surface area (Å²) in [6, 6.07) is 4.44. The molecular formula is C10H14N4. The highest BCUT2D eigenvalue weighted by Crippen LogP contribution is 2.00. The van der Waals surface area contributed by atoms with Gasteiger partial charge >= 0.3 is 0 Å². The number of nitrogens with one attached hydrogen (secondary N) is 1. The molecule has 0 aromatic carbocycles. The number of hydrogen-bond donors (Lipinski definition) is 1. The molecule has 4 nitrogen and oxygen atoms in total. The van der Waals surface area contributed by atoms with Crippen LogP contribution in [-0.4, -0.2) is 13.1 Å². The molecule has 4 heteroatoms. The molecule has 0 bridgehead atoms. The maximum Gasteiger partial charge on any atom is 0.218 e. The predicted molar refractivity (Wildman–Crippen MR) is 51.7 cm³/mol. The molecule has 0 aromatic rings. The van der Waals surface area contributed by atoms with E-state index >= 15 is 0 Å². The lowest BCUT2D eigenvalue weighted by Gasteiger charge is -1.91. The molecule has 0 aliphatic carbocycles. The summed E-state index contributed by atoms with van der Waals surface area (Å²) < 4.78 is 0. The summed E-state index contributed by atoms with van der Waals surface area (Å²) in [7, 11) is 0. The van der Waals surface area contributed by atoms with E-state index < -0.39 is 5.92 Å². The third-order valence-corrected chi connectivity index (χ3v) is 1.84. The first kappa shape index (κ1) is 12.4. The predicted octanol–water partition coefficient (Wildman–Crippen LogP) is 1.32. The van der Waals surface area contributed by atoms with Crippen molar-refractivity contribution in [2.75, 3.05) is 13.1 Å². The lowest BCUT2D eigenvalue weighted by Crippen LogP contribution is -2.12. The lowest BCUT2D eigenvalue weighted by atomic mass is 10.2. The fraction of sp³-hybridized carbons (Fsp3) is 0.700. The molecule has 1 aliphatic heterocycles. The molecule has 0 aromatic heterocycles. The van der Waals surface area contributed by atoms with Crippen LogP contribution < -0.4 is 5.32 Å². The maximum atomic E-state index is 7.83. The van der Waals surface area contributed by atoms with E-state index in [9.17, 15) is 0 Å². The first-order valence-corrected chi connectivity index (χ1v) is 4.74. The standard InChI is InChI=1S/C6H13N.C4HN3/c1-2-4-6-7-5-3-1;5-1-4(2-6)3-7/h7H,1-6H2;4H. The van der Waals surface area contributed by atoms with Crippen LogP contribution in [0.25, 0.3) is 0 Å². The molecule has 0 atom stereocenters. The van der Waals surface area contributed by atoms with Crippen molar-refractivity contribution < 1.29 is 0 Å². The number of nitrogens with zero attached hydrogens (tertiary/aromatic N) is 3. The van der Waals surface area contributed by atoms with Crippen LogP contribution in [-0.2, 0) is 0 Å². The summed E-state index contributed by atoms with van der Waals surface area (Å²) in [4.78, 5) is 0. The van der Waals surface area contributed by atoms with Gasteiger partial charge in [0.2, 0.25) is 5.92 Å². The van der Waals surface area contributed by atoms with Gasteiger partial charge < -0.3 is 5.32 Å². The zero-order valence-electron chi connectivity index (χ0n) is 8.16. The maximum absolute atomic E-state index is 7.83.